The van der Waals surface area contributed by atoms with Gasteiger partial charge in [-0.05, 0) is 63.4 Å². The van der Waals surface area contributed by atoms with E-state index in [2.05, 4.69) is 140 Å². The number of benzene rings is 7. The highest BCUT2D eigenvalue weighted by Gasteiger charge is 2.20. The fourth-order valence-electron chi connectivity index (χ4n) is 6.92. The first-order valence-electron chi connectivity index (χ1n) is 16.1. The SMILES string of the molecule is c1ccc(-c2nc(-c3cccc4oc5ccc(-c6ccc(-c7ccc8ccccc8c7)cc6)cc5c34)nc3c2sc2ccccc23)cc1. The summed E-state index contributed by atoms with van der Waals surface area (Å²) in [5.74, 6) is 0.698. The van der Waals surface area contributed by atoms with Crippen LogP contribution in [-0.4, -0.2) is 9.97 Å². The number of hydrogen-bond donors (Lipinski definition) is 0. The Kier molecular flexibility index (Phi) is 6.05. The highest BCUT2D eigenvalue weighted by atomic mass is 32.1. The molecular weight excluding hydrogens is 605 g/mol. The first-order chi connectivity index (χ1) is 23.8. The second-order valence-electron chi connectivity index (χ2n) is 12.2. The van der Waals surface area contributed by atoms with Gasteiger partial charge in [-0.1, -0.05) is 127 Å². The van der Waals surface area contributed by atoms with Gasteiger partial charge in [0.1, 0.15) is 11.2 Å². The third-order valence-electron chi connectivity index (χ3n) is 9.30. The number of aromatic nitrogens is 2. The average molecular weight is 631 g/mol. The Bertz CT molecular complexity index is 2830. The zero-order chi connectivity index (χ0) is 31.6. The maximum Gasteiger partial charge on any atom is 0.161 e. The second kappa shape index (κ2) is 10.7. The molecule has 0 radical (unpaired) electrons. The van der Waals surface area contributed by atoms with Crippen molar-refractivity contribution in [2.75, 3.05) is 0 Å². The fourth-order valence-corrected chi connectivity index (χ4v) is 8.07. The van der Waals surface area contributed by atoms with E-state index in [0.29, 0.717) is 5.82 Å². The molecule has 10 rings (SSSR count). The Labute approximate surface area is 280 Å². The third kappa shape index (κ3) is 4.34. The van der Waals surface area contributed by atoms with Crippen molar-refractivity contribution in [1.82, 2.24) is 9.97 Å². The van der Waals surface area contributed by atoms with Gasteiger partial charge in [0.2, 0.25) is 0 Å². The van der Waals surface area contributed by atoms with Crippen LogP contribution in [0.2, 0.25) is 0 Å². The number of furan rings is 1. The standard InChI is InChI=1S/C44H26N2OS/c1-2-10-30(11-3-1)41-43-42(34-13-6-7-16-39(34)48-43)46-44(45-41)35-14-8-15-38-40(35)36-26-33(23-24-37(36)47-38)29-19-17-28(18-20-29)32-22-21-27-9-4-5-12-31(27)25-32/h1-26H. The highest BCUT2D eigenvalue weighted by Crippen LogP contribution is 2.42. The van der Waals surface area contributed by atoms with Crippen LogP contribution in [-0.2, 0) is 0 Å². The molecule has 4 heteroatoms. The second-order valence-corrected chi connectivity index (χ2v) is 13.2. The summed E-state index contributed by atoms with van der Waals surface area (Å²) >= 11 is 1.75. The molecule has 0 aliphatic heterocycles. The maximum absolute atomic E-state index is 6.42. The van der Waals surface area contributed by atoms with E-state index >= 15 is 0 Å². The molecule has 0 N–H and O–H groups in total. The number of nitrogens with zero attached hydrogens (tertiary/aromatic N) is 2. The van der Waals surface area contributed by atoms with Crippen molar-refractivity contribution in [3.05, 3.63) is 158 Å². The zero-order valence-corrected chi connectivity index (χ0v) is 26.5. The van der Waals surface area contributed by atoms with Crippen LogP contribution in [0.3, 0.4) is 0 Å². The molecule has 0 spiro atoms. The van der Waals surface area contributed by atoms with E-state index in [-0.39, 0.29) is 0 Å². The van der Waals surface area contributed by atoms with Crippen LogP contribution in [0.25, 0.3) is 97.9 Å². The van der Waals surface area contributed by atoms with Crippen molar-refractivity contribution in [1.29, 1.82) is 0 Å². The van der Waals surface area contributed by atoms with Gasteiger partial charge < -0.3 is 4.42 Å². The molecular formula is C44H26N2OS. The molecule has 0 amide bonds. The zero-order valence-electron chi connectivity index (χ0n) is 25.7. The van der Waals surface area contributed by atoms with E-state index in [1.54, 1.807) is 11.3 Å². The van der Waals surface area contributed by atoms with Crippen LogP contribution < -0.4 is 0 Å². The molecule has 0 aliphatic rings. The Morgan fingerprint density at radius 2 is 1.17 bits per heavy atom. The molecule has 0 saturated heterocycles. The summed E-state index contributed by atoms with van der Waals surface area (Å²) < 4.78 is 8.73. The Morgan fingerprint density at radius 3 is 2.02 bits per heavy atom. The van der Waals surface area contributed by atoms with Crippen molar-refractivity contribution >= 4 is 64.4 Å². The highest BCUT2D eigenvalue weighted by molar-refractivity contribution is 7.26. The molecule has 3 heterocycles. The first-order valence-corrected chi connectivity index (χ1v) is 16.9. The average Bonchev–Trinajstić information content (AvgIpc) is 3.73. The van der Waals surface area contributed by atoms with Crippen LogP contribution in [0.5, 0.6) is 0 Å². The first kappa shape index (κ1) is 27.1. The minimum atomic E-state index is 0.698. The molecule has 7 aromatic carbocycles. The van der Waals surface area contributed by atoms with E-state index in [1.165, 1.54) is 26.6 Å². The quantitative estimate of drug-likeness (QED) is 0.194. The van der Waals surface area contributed by atoms with Gasteiger partial charge in [-0.25, -0.2) is 9.97 Å². The van der Waals surface area contributed by atoms with Gasteiger partial charge in [-0.2, -0.15) is 0 Å². The van der Waals surface area contributed by atoms with Crippen LogP contribution in [0.15, 0.2) is 162 Å². The molecule has 3 nitrogen and oxygen atoms in total. The molecule has 3 aromatic heterocycles. The lowest BCUT2D eigenvalue weighted by atomic mass is 9.97. The van der Waals surface area contributed by atoms with E-state index in [1.807, 2.05) is 18.2 Å². The topological polar surface area (TPSA) is 38.9 Å². The summed E-state index contributed by atoms with van der Waals surface area (Å²) in [5, 5.41) is 5.73. The van der Waals surface area contributed by atoms with Crippen molar-refractivity contribution in [3.8, 4) is 44.9 Å². The molecule has 224 valence electrons. The lowest BCUT2D eigenvalue weighted by Gasteiger charge is -2.09. The van der Waals surface area contributed by atoms with Crippen LogP contribution in [0.4, 0.5) is 0 Å². The summed E-state index contributed by atoms with van der Waals surface area (Å²) in [5.41, 5.74) is 10.4. The smallest absolute Gasteiger partial charge is 0.161 e. The Balaban J connectivity index is 1.12. The molecule has 10 aromatic rings. The van der Waals surface area contributed by atoms with Gasteiger partial charge in [0, 0.05) is 32.0 Å². The van der Waals surface area contributed by atoms with E-state index in [0.717, 1.165) is 65.5 Å². The molecule has 0 atom stereocenters. The fraction of sp³-hybridized carbons (Fsp3) is 0. The monoisotopic (exact) mass is 630 g/mol. The van der Waals surface area contributed by atoms with Gasteiger partial charge in [-0.15, -0.1) is 11.3 Å². The lowest BCUT2D eigenvalue weighted by Crippen LogP contribution is -1.94. The summed E-state index contributed by atoms with van der Waals surface area (Å²) in [6.07, 6.45) is 0. The van der Waals surface area contributed by atoms with Gasteiger partial charge in [-0.3, -0.25) is 0 Å². The summed E-state index contributed by atoms with van der Waals surface area (Å²) in [4.78, 5) is 10.5. The molecule has 0 bridgehead atoms. The summed E-state index contributed by atoms with van der Waals surface area (Å²) in [6.45, 7) is 0. The number of rotatable bonds is 4. The lowest BCUT2D eigenvalue weighted by molar-refractivity contribution is 0.669. The molecule has 0 unspecified atom stereocenters. The van der Waals surface area contributed by atoms with Gasteiger partial charge in [0.05, 0.1) is 15.9 Å². The Morgan fingerprint density at radius 1 is 0.458 bits per heavy atom. The van der Waals surface area contributed by atoms with Crippen LogP contribution >= 0.6 is 11.3 Å². The van der Waals surface area contributed by atoms with Gasteiger partial charge >= 0.3 is 0 Å². The largest absolute Gasteiger partial charge is 0.456 e. The van der Waals surface area contributed by atoms with Crippen molar-refractivity contribution in [2.24, 2.45) is 0 Å². The van der Waals surface area contributed by atoms with Crippen LogP contribution in [0.1, 0.15) is 0 Å². The van der Waals surface area contributed by atoms with E-state index in [9.17, 15) is 0 Å². The number of hydrogen-bond acceptors (Lipinski definition) is 4. The van der Waals surface area contributed by atoms with Gasteiger partial charge in [0.15, 0.2) is 5.82 Å². The van der Waals surface area contributed by atoms with Crippen LogP contribution in [0, 0.1) is 0 Å². The normalized spacial score (nSPS) is 11.8. The third-order valence-corrected chi connectivity index (χ3v) is 10.5. The minimum absolute atomic E-state index is 0.698. The molecule has 0 aliphatic carbocycles. The maximum atomic E-state index is 6.42. The predicted molar refractivity (Wildman–Crippen MR) is 201 cm³/mol. The van der Waals surface area contributed by atoms with Crippen molar-refractivity contribution < 1.29 is 4.42 Å². The van der Waals surface area contributed by atoms with Crippen molar-refractivity contribution in [2.45, 2.75) is 0 Å². The minimum Gasteiger partial charge on any atom is -0.456 e. The van der Waals surface area contributed by atoms with E-state index < -0.39 is 0 Å². The molecule has 0 fully saturated rings. The van der Waals surface area contributed by atoms with E-state index in [4.69, 9.17) is 14.4 Å². The number of thiophene rings is 1. The molecule has 48 heavy (non-hydrogen) atoms. The summed E-state index contributed by atoms with van der Waals surface area (Å²) in [6, 6.07) is 55.5. The molecule has 0 saturated carbocycles. The predicted octanol–water partition coefficient (Wildman–Crippen LogP) is 12.6. The summed E-state index contributed by atoms with van der Waals surface area (Å²) in [7, 11) is 0. The van der Waals surface area contributed by atoms with Crippen molar-refractivity contribution in [3.63, 3.8) is 0 Å². The van der Waals surface area contributed by atoms with Gasteiger partial charge in [0.25, 0.3) is 0 Å². The Hall–Kier alpha value is -6.10. The number of fused-ring (bicyclic) bond motifs is 7.